The molecule has 1 N–H and O–H groups in total. The van der Waals surface area contributed by atoms with E-state index in [0.717, 1.165) is 36.9 Å². The SMILES string of the molecule is CC(C)CNCC(C)CN(C)C1CCC(C)CC1. The molecule has 0 aromatic carbocycles. The third kappa shape index (κ3) is 6.19. The molecule has 0 spiro atoms. The van der Waals surface area contributed by atoms with E-state index in [2.05, 4.69) is 45.0 Å². The summed E-state index contributed by atoms with van der Waals surface area (Å²) in [5.41, 5.74) is 0. The Labute approximate surface area is 115 Å². The van der Waals surface area contributed by atoms with E-state index in [0.29, 0.717) is 0 Å². The zero-order valence-corrected chi connectivity index (χ0v) is 13.2. The van der Waals surface area contributed by atoms with Gasteiger partial charge in [-0.2, -0.15) is 0 Å². The maximum absolute atomic E-state index is 3.57. The van der Waals surface area contributed by atoms with Crippen molar-refractivity contribution in [3.63, 3.8) is 0 Å². The summed E-state index contributed by atoms with van der Waals surface area (Å²) in [7, 11) is 2.32. The molecule has 1 aliphatic rings. The van der Waals surface area contributed by atoms with Crippen LogP contribution in [-0.2, 0) is 0 Å². The van der Waals surface area contributed by atoms with Gasteiger partial charge in [0.05, 0.1) is 0 Å². The van der Waals surface area contributed by atoms with Crippen LogP contribution < -0.4 is 5.32 Å². The van der Waals surface area contributed by atoms with Crippen molar-refractivity contribution in [2.45, 2.75) is 59.4 Å². The third-order valence-electron chi connectivity index (χ3n) is 4.25. The van der Waals surface area contributed by atoms with Gasteiger partial charge in [0.2, 0.25) is 0 Å². The van der Waals surface area contributed by atoms with E-state index in [1.54, 1.807) is 0 Å². The number of rotatable bonds is 7. The zero-order chi connectivity index (χ0) is 13.5. The number of hydrogen-bond donors (Lipinski definition) is 1. The molecule has 2 nitrogen and oxygen atoms in total. The zero-order valence-electron chi connectivity index (χ0n) is 13.2. The molecule has 0 saturated heterocycles. The van der Waals surface area contributed by atoms with Crippen molar-refractivity contribution in [2.75, 3.05) is 26.7 Å². The Morgan fingerprint density at radius 3 is 2.22 bits per heavy atom. The highest BCUT2D eigenvalue weighted by molar-refractivity contribution is 4.77. The average Bonchev–Trinajstić information content (AvgIpc) is 2.29. The van der Waals surface area contributed by atoms with Gasteiger partial charge >= 0.3 is 0 Å². The van der Waals surface area contributed by atoms with Gasteiger partial charge in [-0.25, -0.2) is 0 Å². The minimum atomic E-state index is 0.757. The summed E-state index contributed by atoms with van der Waals surface area (Å²) in [5.74, 6) is 2.47. The van der Waals surface area contributed by atoms with E-state index in [4.69, 9.17) is 0 Å². The topological polar surface area (TPSA) is 15.3 Å². The summed E-state index contributed by atoms with van der Waals surface area (Å²) in [6.07, 6.45) is 5.66. The smallest absolute Gasteiger partial charge is 0.00925 e. The maximum atomic E-state index is 3.57. The lowest BCUT2D eigenvalue weighted by atomic mass is 9.86. The van der Waals surface area contributed by atoms with Crippen molar-refractivity contribution in [3.8, 4) is 0 Å². The number of hydrogen-bond acceptors (Lipinski definition) is 2. The van der Waals surface area contributed by atoms with Gasteiger partial charge in [-0.3, -0.25) is 0 Å². The van der Waals surface area contributed by atoms with E-state index < -0.39 is 0 Å². The van der Waals surface area contributed by atoms with Crippen LogP contribution in [0, 0.1) is 17.8 Å². The van der Waals surface area contributed by atoms with Crippen molar-refractivity contribution < 1.29 is 0 Å². The molecule has 0 aromatic heterocycles. The first kappa shape index (κ1) is 16.0. The van der Waals surface area contributed by atoms with E-state index in [-0.39, 0.29) is 0 Å². The molecule has 0 heterocycles. The standard InChI is InChI=1S/C16H34N2/c1-13(2)10-17-11-15(4)12-18(5)16-8-6-14(3)7-9-16/h13-17H,6-12H2,1-5H3. The fraction of sp³-hybridized carbons (Fsp3) is 1.00. The first-order chi connectivity index (χ1) is 8.49. The Hall–Kier alpha value is -0.0800. The molecule has 0 bridgehead atoms. The lowest BCUT2D eigenvalue weighted by molar-refractivity contribution is 0.152. The average molecular weight is 254 g/mol. The monoisotopic (exact) mass is 254 g/mol. The van der Waals surface area contributed by atoms with Gasteiger partial charge in [-0.15, -0.1) is 0 Å². The predicted molar refractivity (Wildman–Crippen MR) is 80.9 cm³/mol. The summed E-state index contributed by atoms with van der Waals surface area (Å²) in [4.78, 5) is 2.60. The molecule has 1 fully saturated rings. The van der Waals surface area contributed by atoms with Crippen molar-refractivity contribution in [3.05, 3.63) is 0 Å². The van der Waals surface area contributed by atoms with Crippen LogP contribution in [0.1, 0.15) is 53.4 Å². The Morgan fingerprint density at radius 2 is 1.67 bits per heavy atom. The largest absolute Gasteiger partial charge is 0.316 e. The van der Waals surface area contributed by atoms with Crippen LogP contribution in [-0.4, -0.2) is 37.6 Å². The van der Waals surface area contributed by atoms with Crippen molar-refractivity contribution in [1.82, 2.24) is 10.2 Å². The quantitative estimate of drug-likeness (QED) is 0.749. The maximum Gasteiger partial charge on any atom is 0.00925 e. The first-order valence-corrected chi connectivity index (χ1v) is 7.90. The van der Waals surface area contributed by atoms with Crippen LogP contribution in [0.3, 0.4) is 0 Å². The van der Waals surface area contributed by atoms with Crippen LogP contribution in [0.4, 0.5) is 0 Å². The second-order valence-corrected chi connectivity index (χ2v) is 7.01. The highest BCUT2D eigenvalue weighted by atomic mass is 15.1. The fourth-order valence-electron chi connectivity index (χ4n) is 3.01. The van der Waals surface area contributed by atoms with E-state index in [9.17, 15) is 0 Å². The number of nitrogens with zero attached hydrogens (tertiary/aromatic N) is 1. The summed E-state index contributed by atoms with van der Waals surface area (Å²) in [5, 5.41) is 3.57. The Morgan fingerprint density at radius 1 is 1.06 bits per heavy atom. The van der Waals surface area contributed by atoms with Crippen LogP contribution in [0.15, 0.2) is 0 Å². The summed E-state index contributed by atoms with van der Waals surface area (Å²) in [6, 6.07) is 0.841. The van der Waals surface area contributed by atoms with Crippen LogP contribution in [0.5, 0.6) is 0 Å². The van der Waals surface area contributed by atoms with Gasteiger partial charge in [0.25, 0.3) is 0 Å². The molecule has 1 atom stereocenters. The van der Waals surface area contributed by atoms with Gasteiger partial charge in [-0.05, 0) is 63.6 Å². The van der Waals surface area contributed by atoms with Crippen molar-refractivity contribution in [1.29, 1.82) is 0 Å². The first-order valence-electron chi connectivity index (χ1n) is 7.90. The lowest BCUT2D eigenvalue weighted by Crippen LogP contribution is -2.39. The number of nitrogens with one attached hydrogen (secondary N) is 1. The van der Waals surface area contributed by atoms with Crippen LogP contribution in [0.25, 0.3) is 0 Å². The molecule has 108 valence electrons. The van der Waals surface area contributed by atoms with Crippen LogP contribution in [0.2, 0.25) is 0 Å². The van der Waals surface area contributed by atoms with Crippen molar-refractivity contribution >= 4 is 0 Å². The second-order valence-electron chi connectivity index (χ2n) is 7.01. The molecule has 0 aliphatic heterocycles. The molecule has 1 rings (SSSR count). The minimum absolute atomic E-state index is 0.757. The van der Waals surface area contributed by atoms with Gasteiger partial charge in [0.15, 0.2) is 0 Å². The Kier molecular flexibility index (Phi) is 7.25. The molecular formula is C16H34N2. The molecule has 18 heavy (non-hydrogen) atoms. The summed E-state index contributed by atoms with van der Waals surface area (Å²) >= 11 is 0. The van der Waals surface area contributed by atoms with Crippen LogP contribution >= 0.6 is 0 Å². The molecule has 2 heteroatoms. The molecule has 0 amide bonds. The van der Waals surface area contributed by atoms with E-state index >= 15 is 0 Å². The minimum Gasteiger partial charge on any atom is -0.316 e. The lowest BCUT2D eigenvalue weighted by Gasteiger charge is -2.35. The highest BCUT2D eigenvalue weighted by Gasteiger charge is 2.22. The Bertz CT molecular complexity index is 207. The molecular weight excluding hydrogens is 220 g/mol. The molecule has 0 radical (unpaired) electrons. The van der Waals surface area contributed by atoms with Gasteiger partial charge in [-0.1, -0.05) is 27.7 Å². The van der Waals surface area contributed by atoms with E-state index in [1.165, 1.54) is 32.2 Å². The molecule has 1 unspecified atom stereocenters. The summed E-state index contributed by atoms with van der Waals surface area (Å²) in [6.45, 7) is 12.9. The van der Waals surface area contributed by atoms with Crippen molar-refractivity contribution in [2.24, 2.45) is 17.8 Å². The van der Waals surface area contributed by atoms with Gasteiger partial charge in [0.1, 0.15) is 0 Å². The highest BCUT2D eigenvalue weighted by Crippen LogP contribution is 2.26. The Balaban J connectivity index is 2.16. The molecule has 1 saturated carbocycles. The second kappa shape index (κ2) is 8.16. The fourth-order valence-corrected chi connectivity index (χ4v) is 3.01. The molecule has 0 aromatic rings. The molecule has 1 aliphatic carbocycles. The van der Waals surface area contributed by atoms with Gasteiger partial charge in [0, 0.05) is 12.6 Å². The van der Waals surface area contributed by atoms with Gasteiger partial charge < -0.3 is 10.2 Å². The third-order valence-corrected chi connectivity index (χ3v) is 4.25. The van der Waals surface area contributed by atoms with E-state index in [1.807, 2.05) is 0 Å². The normalized spacial score (nSPS) is 26.8. The predicted octanol–water partition coefficient (Wildman–Crippen LogP) is 3.38. The summed E-state index contributed by atoms with van der Waals surface area (Å²) < 4.78 is 0.